The van der Waals surface area contributed by atoms with E-state index in [2.05, 4.69) is 31.0 Å². The van der Waals surface area contributed by atoms with Crippen molar-refractivity contribution in [2.75, 3.05) is 19.6 Å². The van der Waals surface area contributed by atoms with Gasteiger partial charge in [-0.2, -0.15) is 0 Å². The van der Waals surface area contributed by atoms with Gasteiger partial charge in [0.15, 0.2) is 0 Å². The molecule has 0 aromatic rings. The van der Waals surface area contributed by atoms with E-state index in [-0.39, 0.29) is 0 Å². The van der Waals surface area contributed by atoms with E-state index in [9.17, 15) is 0 Å². The lowest BCUT2D eigenvalue weighted by Crippen LogP contribution is -2.56. The quantitative estimate of drug-likeness (QED) is 0.775. The summed E-state index contributed by atoms with van der Waals surface area (Å²) >= 11 is 0. The molecule has 0 aromatic carbocycles. The van der Waals surface area contributed by atoms with Crippen LogP contribution in [0.2, 0.25) is 0 Å². The standard InChI is InChI=1S/C14H28N2/c1-4-13-10-15-5-6-16(13)14-8-11(2)7-12(3)9-14/h11-15H,4-10H2,1-3H3. The van der Waals surface area contributed by atoms with Crippen molar-refractivity contribution >= 4 is 0 Å². The van der Waals surface area contributed by atoms with Gasteiger partial charge in [0, 0.05) is 31.7 Å². The highest BCUT2D eigenvalue weighted by Crippen LogP contribution is 2.32. The average Bonchev–Trinajstić information content (AvgIpc) is 2.27. The van der Waals surface area contributed by atoms with Crippen molar-refractivity contribution in [2.24, 2.45) is 11.8 Å². The van der Waals surface area contributed by atoms with E-state index in [1.807, 2.05) is 0 Å². The molecule has 94 valence electrons. The normalized spacial score (nSPS) is 42.2. The molecule has 2 heteroatoms. The van der Waals surface area contributed by atoms with E-state index in [0.717, 1.165) is 23.9 Å². The lowest BCUT2D eigenvalue weighted by atomic mass is 9.79. The number of hydrogen-bond acceptors (Lipinski definition) is 2. The summed E-state index contributed by atoms with van der Waals surface area (Å²) in [5, 5.41) is 3.54. The van der Waals surface area contributed by atoms with Crippen LogP contribution < -0.4 is 5.32 Å². The zero-order valence-corrected chi connectivity index (χ0v) is 11.2. The third kappa shape index (κ3) is 2.78. The van der Waals surface area contributed by atoms with E-state index in [0.29, 0.717) is 0 Å². The molecule has 1 aliphatic carbocycles. The number of rotatable bonds is 2. The fourth-order valence-corrected chi connectivity index (χ4v) is 3.81. The summed E-state index contributed by atoms with van der Waals surface area (Å²) in [6, 6.07) is 1.65. The molecule has 0 aromatic heterocycles. The van der Waals surface area contributed by atoms with Gasteiger partial charge in [-0.25, -0.2) is 0 Å². The monoisotopic (exact) mass is 224 g/mol. The summed E-state index contributed by atoms with van der Waals surface area (Å²) in [5.74, 6) is 1.86. The highest BCUT2D eigenvalue weighted by atomic mass is 15.2. The molecule has 2 nitrogen and oxygen atoms in total. The topological polar surface area (TPSA) is 15.3 Å². The molecule has 2 aliphatic rings. The predicted molar refractivity (Wildman–Crippen MR) is 69.6 cm³/mol. The van der Waals surface area contributed by atoms with Crippen LogP contribution in [0.25, 0.3) is 0 Å². The first kappa shape index (κ1) is 12.4. The van der Waals surface area contributed by atoms with Gasteiger partial charge in [-0.15, -0.1) is 0 Å². The molecule has 1 heterocycles. The largest absolute Gasteiger partial charge is 0.314 e. The van der Waals surface area contributed by atoms with Gasteiger partial charge in [-0.1, -0.05) is 20.8 Å². The van der Waals surface area contributed by atoms with Crippen LogP contribution in [0, 0.1) is 11.8 Å². The summed E-state index contributed by atoms with van der Waals surface area (Å²) < 4.78 is 0. The first-order valence-corrected chi connectivity index (χ1v) is 7.17. The molecular weight excluding hydrogens is 196 g/mol. The summed E-state index contributed by atoms with van der Waals surface area (Å²) in [6.07, 6.45) is 5.60. The lowest BCUT2D eigenvalue weighted by Gasteiger charge is -2.45. The van der Waals surface area contributed by atoms with Crippen LogP contribution in [0.15, 0.2) is 0 Å². The van der Waals surface area contributed by atoms with Crippen LogP contribution in [-0.4, -0.2) is 36.6 Å². The molecule has 0 spiro atoms. The maximum Gasteiger partial charge on any atom is 0.0221 e. The second-order valence-corrected chi connectivity index (χ2v) is 6.08. The number of nitrogens with zero attached hydrogens (tertiary/aromatic N) is 1. The first-order valence-electron chi connectivity index (χ1n) is 7.17. The van der Waals surface area contributed by atoms with Crippen LogP contribution in [0.4, 0.5) is 0 Å². The second kappa shape index (κ2) is 5.50. The van der Waals surface area contributed by atoms with Crippen LogP contribution >= 0.6 is 0 Å². The molecular formula is C14H28N2. The Morgan fingerprint density at radius 1 is 1.12 bits per heavy atom. The Morgan fingerprint density at radius 2 is 1.81 bits per heavy atom. The second-order valence-electron chi connectivity index (χ2n) is 6.08. The molecule has 2 fully saturated rings. The fourth-order valence-electron chi connectivity index (χ4n) is 3.81. The summed E-state index contributed by atoms with van der Waals surface area (Å²) in [7, 11) is 0. The zero-order valence-electron chi connectivity index (χ0n) is 11.2. The van der Waals surface area contributed by atoms with E-state index in [1.54, 1.807) is 0 Å². The van der Waals surface area contributed by atoms with Gasteiger partial charge in [-0.3, -0.25) is 4.90 Å². The fraction of sp³-hybridized carbons (Fsp3) is 1.00. The SMILES string of the molecule is CCC1CNCCN1C1CC(C)CC(C)C1. The third-order valence-corrected chi connectivity index (χ3v) is 4.49. The molecule has 2 rings (SSSR count). The van der Waals surface area contributed by atoms with E-state index >= 15 is 0 Å². The van der Waals surface area contributed by atoms with Crippen molar-refractivity contribution in [1.29, 1.82) is 0 Å². The van der Waals surface area contributed by atoms with Gasteiger partial charge in [0.05, 0.1) is 0 Å². The van der Waals surface area contributed by atoms with Gasteiger partial charge in [0.25, 0.3) is 0 Å². The van der Waals surface area contributed by atoms with E-state index in [1.165, 1.54) is 45.3 Å². The number of hydrogen-bond donors (Lipinski definition) is 1. The third-order valence-electron chi connectivity index (χ3n) is 4.49. The minimum atomic E-state index is 0.788. The highest BCUT2D eigenvalue weighted by molar-refractivity contribution is 4.88. The highest BCUT2D eigenvalue weighted by Gasteiger charge is 2.32. The van der Waals surface area contributed by atoms with Crippen molar-refractivity contribution in [3.63, 3.8) is 0 Å². The van der Waals surface area contributed by atoms with Crippen LogP contribution in [-0.2, 0) is 0 Å². The van der Waals surface area contributed by atoms with Gasteiger partial charge in [0.1, 0.15) is 0 Å². The molecule has 0 bridgehead atoms. The van der Waals surface area contributed by atoms with Gasteiger partial charge in [0.2, 0.25) is 0 Å². The Morgan fingerprint density at radius 3 is 2.44 bits per heavy atom. The Balaban J connectivity index is 1.98. The Hall–Kier alpha value is -0.0800. The van der Waals surface area contributed by atoms with Crippen molar-refractivity contribution in [3.8, 4) is 0 Å². The maximum absolute atomic E-state index is 3.54. The predicted octanol–water partition coefficient (Wildman–Crippen LogP) is 2.49. The Bertz CT molecular complexity index is 207. The first-order chi connectivity index (χ1) is 7.70. The molecule has 0 amide bonds. The van der Waals surface area contributed by atoms with E-state index < -0.39 is 0 Å². The minimum Gasteiger partial charge on any atom is -0.314 e. The van der Waals surface area contributed by atoms with Crippen molar-refractivity contribution in [2.45, 2.75) is 58.5 Å². The Kier molecular flexibility index (Phi) is 4.26. The summed E-state index contributed by atoms with van der Waals surface area (Å²) in [6.45, 7) is 10.9. The molecule has 1 aliphatic heterocycles. The van der Waals surface area contributed by atoms with Crippen molar-refractivity contribution < 1.29 is 0 Å². The van der Waals surface area contributed by atoms with Gasteiger partial charge < -0.3 is 5.32 Å². The molecule has 3 unspecified atom stereocenters. The lowest BCUT2D eigenvalue weighted by molar-refractivity contribution is 0.0528. The molecule has 1 saturated heterocycles. The number of piperazine rings is 1. The molecule has 16 heavy (non-hydrogen) atoms. The van der Waals surface area contributed by atoms with Gasteiger partial charge >= 0.3 is 0 Å². The van der Waals surface area contributed by atoms with Crippen molar-refractivity contribution in [1.82, 2.24) is 10.2 Å². The molecule has 0 radical (unpaired) electrons. The zero-order chi connectivity index (χ0) is 11.5. The summed E-state index contributed by atoms with van der Waals surface area (Å²) in [4.78, 5) is 2.81. The van der Waals surface area contributed by atoms with Gasteiger partial charge in [-0.05, 0) is 37.5 Å². The Labute approximate surface area is 101 Å². The van der Waals surface area contributed by atoms with Crippen molar-refractivity contribution in [3.05, 3.63) is 0 Å². The molecule has 3 atom stereocenters. The maximum atomic E-state index is 3.54. The molecule has 1 N–H and O–H groups in total. The smallest absolute Gasteiger partial charge is 0.0221 e. The van der Waals surface area contributed by atoms with E-state index in [4.69, 9.17) is 0 Å². The molecule has 1 saturated carbocycles. The van der Waals surface area contributed by atoms with Crippen LogP contribution in [0.5, 0.6) is 0 Å². The van der Waals surface area contributed by atoms with Crippen LogP contribution in [0.1, 0.15) is 46.5 Å². The van der Waals surface area contributed by atoms with Crippen LogP contribution in [0.3, 0.4) is 0 Å². The average molecular weight is 224 g/mol. The minimum absolute atomic E-state index is 0.788. The number of nitrogens with one attached hydrogen (secondary N) is 1. The summed E-state index contributed by atoms with van der Waals surface area (Å²) in [5.41, 5.74) is 0.